The molecule has 29 heavy (non-hydrogen) atoms. The lowest BCUT2D eigenvalue weighted by Gasteiger charge is -2.14. The van der Waals surface area contributed by atoms with Crippen LogP contribution in [0.15, 0.2) is 66.7 Å². The van der Waals surface area contributed by atoms with Crippen LogP contribution in [-0.4, -0.2) is 19.6 Å². The van der Waals surface area contributed by atoms with E-state index < -0.39 is 0 Å². The zero-order chi connectivity index (χ0) is 20.6. The number of ether oxygens (including phenoxy) is 3. The topological polar surface area (TPSA) is 56.8 Å². The van der Waals surface area contributed by atoms with Gasteiger partial charge in [-0.1, -0.05) is 17.7 Å². The summed E-state index contributed by atoms with van der Waals surface area (Å²) >= 11 is 5.89. The third-order valence-electron chi connectivity index (χ3n) is 4.16. The summed E-state index contributed by atoms with van der Waals surface area (Å²) in [5.41, 5.74) is 1.95. The minimum atomic E-state index is -0.224. The molecule has 5 nitrogen and oxygen atoms in total. The van der Waals surface area contributed by atoms with Crippen molar-refractivity contribution in [3.63, 3.8) is 0 Å². The molecule has 0 spiro atoms. The van der Waals surface area contributed by atoms with E-state index in [1.165, 1.54) is 0 Å². The zero-order valence-corrected chi connectivity index (χ0v) is 17.0. The summed E-state index contributed by atoms with van der Waals surface area (Å²) in [7, 11) is 1.61. The highest BCUT2D eigenvalue weighted by atomic mass is 35.5. The highest BCUT2D eigenvalue weighted by molar-refractivity contribution is 6.30. The monoisotopic (exact) mass is 411 g/mol. The maximum absolute atomic E-state index is 12.6. The number of hydrogen-bond acceptors (Lipinski definition) is 4. The normalized spacial score (nSPS) is 10.3. The maximum atomic E-state index is 12.6. The second-order valence-electron chi connectivity index (χ2n) is 6.18. The fourth-order valence-electron chi connectivity index (χ4n) is 2.72. The standard InChI is InChI=1S/C23H22ClNO4/c1-3-28-22-12-7-16(23(26)25-19-10-8-18(24)9-11-19)13-17(22)15-29-21-6-4-5-20(14-21)27-2/h4-14H,3,15H2,1-2H3,(H,25,26). The third kappa shape index (κ3) is 5.65. The van der Waals surface area contributed by atoms with Gasteiger partial charge in [-0.15, -0.1) is 0 Å². The van der Waals surface area contributed by atoms with Crippen LogP contribution < -0.4 is 19.5 Å². The number of amides is 1. The summed E-state index contributed by atoms with van der Waals surface area (Å²) < 4.78 is 16.8. The molecule has 0 unspecified atom stereocenters. The molecule has 0 aliphatic rings. The largest absolute Gasteiger partial charge is 0.497 e. The summed E-state index contributed by atoms with van der Waals surface area (Å²) in [6.07, 6.45) is 0. The van der Waals surface area contributed by atoms with E-state index in [0.717, 1.165) is 5.56 Å². The van der Waals surface area contributed by atoms with Crippen LogP contribution in [0.1, 0.15) is 22.8 Å². The van der Waals surface area contributed by atoms with Crippen molar-refractivity contribution in [2.75, 3.05) is 19.0 Å². The summed E-state index contributed by atoms with van der Waals surface area (Å²) in [4.78, 5) is 12.6. The molecule has 0 heterocycles. The van der Waals surface area contributed by atoms with Crippen molar-refractivity contribution in [2.24, 2.45) is 0 Å². The average molecular weight is 412 g/mol. The molecule has 1 N–H and O–H groups in total. The van der Waals surface area contributed by atoms with Gasteiger partial charge in [-0.3, -0.25) is 4.79 Å². The van der Waals surface area contributed by atoms with Gasteiger partial charge in [-0.2, -0.15) is 0 Å². The zero-order valence-electron chi connectivity index (χ0n) is 16.3. The molecule has 0 saturated heterocycles. The van der Waals surface area contributed by atoms with E-state index in [9.17, 15) is 4.79 Å². The quantitative estimate of drug-likeness (QED) is 0.525. The van der Waals surface area contributed by atoms with Crippen molar-refractivity contribution >= 4 is 23.2 Å². The van der Waals surface area contributed by atoms with E-state index in [1.807, 2.05) is 25.1 Å². The van der Waals surface area contributed by atoms with Crippen molar-refractivity contribution in [1.82, 2.24) is 0 Å². The predicted molar refractivity (Wildman–Crippen MR) is 114 cm³/mol. The summed E-state index contributed by atoms with van der Waals surface area (Å²) in [6.45, 7) is 2.68. The second-order valence-corrected chi connectivity index (χ2v) is 6.62. The van der Waals surface area contributed by atoms with Crippen molar-refractivity contribution < 1.29 is 19.0 Å². The van der Waals surface area contributed by atoms with Crippen LogP contribution in [0.2, 0.25) is 5.02 Å². The SMILES string of the molecule is CCOc1ccc(C(=O)Nc2ccc(Cl)cc2)cc1COc1cccc(OC)c1. The molecule has 3 aromatic carbocycles. The predicted octanol–water partition coefficient (Wildman–Crippen LogP) is 5.58. The lowest BCUT2D eigenvalue weighted by atomic mass is 10.1. The van der Waals surface area contributed by atoms with Crippen LogP contribution in [0, 0.1) is 0 Å². The van der Waals surface area contributed by atoms with Crippen LogP contribution in [0.4, 0.5) is 5.69 Å². The Morgan fingerprint density at radius 1 is 0.966 bits per heavy atom. The lowest BCUT2D eigenvalue weighted by molar-refractivity contribution is 0.102. The summed E-state index contributed by atoms with van der Waals surface area (Å²) in [5, 5.41) is 3.47. The Morgan fingerprint density at radius 2 is 1.72 bits per heavy atom. The van der Waals surface area contributed by atoms with Crippen molar-refractivity contribution in [2.45, 2.75) is 13.5 Å². The molecule has 150 valence electrons. The van der Waals surface area contributed by atoms with Gasteiger partial charge >= 0.3 is 0 Å². The third-order valence-corrected chi connectivity index (χ3v) is 4.41. The fourth-order valence-corrected chi connectivity index (χ4v) is 2.84. The van der Waals surface area contributed by atoms with E-state index >= 15 is 0 Å². The molecule has 6 heteroatoms. The van der Waals surface area contributed by atoms with Crippen molar-refractivity contribution in [3.8, 4) is 17.2 Å². The number of rotatable bonds is 8. The molecule has 0 aliphatic heterocycles. The fraction of sp³-hybridized carbons (Fsp3) is 0.174. The molecule has 0 atom stereocenters. The maximum Gasteiger partial charge on any atom is 0.255 e. The smallest absolute Gasteiger partial charge is 0.255 e. The van der Waals surface area contributed by atoms with Crippen LogP contribution in [-0.2, 0) is 6.61 Å². The Balaban J connectivity index is 1.77. The first kappa shape index (κ1) is 20.6. The Hall–Kier alpha value is -3.18. The van der Waals surface area contributed by atoms with Crippen molar-refractivity contribution in [1.29, 1.82) is 0 Å². The number of carbonyl (C=O) groups is 1. The Labute approximate surface area is 175 Å². The van der Waals surface area contributed by atoms with Gasteiger partial charge in [-0.05, 0) is 61.5 Å². The molecule has 3 rings (SSSR count). The molecule has 0 saturated carbocycles. The molecular formula is C23H22ClNO4. The highest BCUT2D eigenvalue weighted by Crippen LogP contribution is 2.25. The molecule has 1 amide bonds. The first-order valence-electron chi connectivity index (χ1n) is 9.18. The summed E-state index contributed by atoms with van der Waals surface area (Å²) in [6, 6.07) is 19.6. The van der Waals surface area contributed by atoms with Crippen LogP contribution in [0.25, 0.3) is 0 Å². The van der Waals surface area contributed by atoms with Crippen LogP contribution in [0.5, 0.6) is 17.2 Å². The number of nitrogens with one attached hydrogen (secondary N) is 1. The van der Waals surface area contributed by atoms with Gasteiger partial charge in [-0.25, -0.2) is 0 Å². The van der Waals surface area contributed by atoms with Crippen LogP contribution in [0.3, 0.4) is 0 Å². The first-order chi connectivity index (χ1) is 14.1. The number of halogens is 1. The van der Waals surface area contributed by atoms with E-state index in [1.54, 1.807) is 55.6 Å². The first-order valence-corrected chi connectivity index (χ1v) is 9.56. The van der Waals surface area contributed by atoms with Crippen molar-refractivity contribution in [3.05, 3.63) is 82.9 Å². The number of hydrogen-bond donors (Lipinski definition) is 1. The molecule has 0 aromatic heterocycles. The second kappa shape index (κ2) is 9.85. The van der Waals surface area contributed by atoms with Crippen LogP contribution >= 0.6 is 11.6 Å². The van der Waals surface area contributed by atoms with Gasteiger partial charge < -0.3 is 19.5 Å². The van der Waals surface area contributed by atoms with E-state index in [2.05, 4.69) is 5.32 Å². The van der Waals surface area contributed by atoms with E-state index in [-0.39, 0.29) is 12.5 Å². The van der Waals surface area contributed by atoms with Gasteiger partial charge in [0.2, 0.25) is 0 Å². The van der Waals surface area contributed by atoms with Gasteiger partial charge in [0.25, 0.3) is 5.91 Å². The Kier molecular flexibility index (Phi) is 6.98. The molecule has 0 bridgehead atoms. The van der Waals surface area contributed by atoms with E-state index in [0.29, 0.717) is 40.1 Å². The molecule has 0 aliphatic carbocycles. The number of methoxy groups -OCH3 is 1. The Morgan fingerprint density at radius 3 is 2.45 bits per heavy atom. The number of benzene rings is 3. The summed E-state index contributed by atoms with van der Waals surface area (Å²) in [5.74, 6) is 1.84. The van der Waals surface area contributed by atoms with E-state index in [4.69, 9.17) is 25.8 Å². The van der Waals surface area contributed by atoms with Gasteiger partial charge in [0.05, 0.1) is 13.7 Å². The minimum absolute atomic E-state index is 0.224. The average Bonchev–Trinajstić information content (AvgIpc) is 2.75. The van der Waals surface area contributed by atoms with Gasteiger partial charge in [0.1, 0.15) is 23.9 Å². The molecule has 3 aromatic rings. The highest BCUT2D eigenvalue weighted by Gasteiger charge is 2.12. The molecular weight excluding hydrogens is 390 g/mol. The van der Waals surface area contributed by atoms with Gasteiger partial charge in [0, 0.05) is 27.9 Å². The number of carbonyl (C=O) groups excluding carboxylic acids is 1. The lowest BCUT2D eigenvalue weighted by Crippen LogP contribution is -2.13. The molecule has 0 radical (unpaired) electrons. The minimum Gasteiger partial charge on any atom is -0.497 e. The molecule has 0 fully saturated rings. The Bertz CT molecular complexity index is 973. The van der Waals surface area contributed by atoms with Gasteiger partial charge in [0.15, 0.2) is 0 Å². The number of anilines is 1.